The summed E-state index contributed by atoms with van der Waals surface area (Å²) < 4.78 is 11.5. The number of carbonyl (C=O) groups is 1. The molecule has 0 N–H and O–H groups in total. The Hall–Kier alpha value is -3.06. The van der Waals surface area contributed by atoms with E-state index in [0.29, 0.717) is 43.8 Å². The third kappa shape index (κ3) is 4.12. The third-order valence-corrected chi connectivity index (χ3v) is 4.27. The molecule has 0 aromatic heterocycles. The average molecular weight is 347 g/mol. The van der Waals surface area contributed by atoms with Crippen LogP contribution in [0.2, 0.25) is 0 Å². The lowest BCUT2D eigenvalue weighted by Gasteiger charge is -2.08. The van der Waals surface area contributed by atoms with E-state index in [0.717, 1.165) is 22.4 Å². The number of nitrogens with zero attached hydrogens (tertiary/aromatic N) is 1. The zero-order valence-electron chi connectivity index (χ0n) is 14.8. The highest BCUT2D eigenvalue weighted by atomic mass is 16.5. The number of fused-ring (bicyclic) bond motifs is 1. The van der Waals surface area contributed by atoms with Gasteiger partial charge in [-0.15, -0.1) is 0 Å². The van der Waals surface area contributed by atoms with E-state index in [1.807, 2.05) is 55.5 Å². The Morgan fingerprint density at radius 3 is 2.96 bits per heavy atom. The number of unbranched alkanes of at least 4 members (excludes halogenated alkanes) is 1. The van der Waals surface area contributed by atoms with Gasteiger partial charge in [-0.3, -0.25) is 4.79 Å². The van der Waals surface area contributed by atoms with Crippen molar-refractivity contribution in [1.29, 1.82) is 5.26 Å². The molecular weight excluding hydrogens is 326 g/mol. The van der Waals surface area contributed by atoms with E-state index in [9.17, 15) is 4.79 Å². The maximum atomic E-state index is 12.9. The number of ether oxygens (including phenoxy) is 2. The van der Waals surface area contributed by atoms with Gasteiger partial charge in [0.15, 0.2) is 5.78 Å². The van der Waals surface area contributed by atoms with E-state index in [1.54, 1.807) is 0 Å². The molecule has 2 aromatic rings. The molecule has 0 fully saturated rings. The molecule has 0 bridgehead atoms. The molecule has 4 nitrogen and oxygen atoms in total. The molecule has 0 spiro atoms. The van der Waals surface area contributed by atoms with Crippen LogP contribution >= 0.6 is 0 Å². The van der Waals surface area contributed by atoms with Crippen molar-refractivity contribution in [2.75, 3.05) is 13.2 Å². The molecule has 4 heteroatoms. The van der Waals surface area contributed by atoms with Crippen LogP contribution in [0.15, 0.2) is 48.0 Å². The van der Waals surface area contributed by atoms with E-state index >= 15 is 0 Å². The van der Waals surface area contributed by atoms with Gasteiger partial charge in [-0.2, -0.15) is 5.26 Å². The molecule has 0 saturated heterocycles. The number of Topliss-reactive ketones (excluding diaryl/α,β-unsaturated/α-hetero) is 1. The Balaban J connectivity index is 1.81. The number of para-hydroxylation sites is 1. The second kappa shape index (κ2) is 8.35. The van der Waals surface area contributed by atoms with Crippen LogP contribution in [0.5, 0.6) is 11.5 Å². The van der Waals surface area contributed by atoms with Gasteiger partial charge >= 0.3 is 0 Å². The van der Waals surface area contributed by atoms with Crippen molar-refractivity contribution < 1.29 is 14.3 Å². The maximum absolute atomic E-state index is 12.9. The van der Waals surface area contributed by atoms with Crippen LogP contribution in [0.4, 0.5) is 0 Å². The predicted molar refractivity (Wildman–Crippen MR) is 100 cm³/mol. The number of aryl methyl sites for hydroxylation is 1. The summed E-state index contributed by atoms with van der Waals surface area (Å²) in [6, 6.07) is 15.4. The SMILES string of the molecule is Cc1cccc2c1OCC/C(=C\c1cccc(OCCCC#N)c1)C2=O. The van der Waals surface area contributed by atoms with Crippen LogP contribution in [0.25, 0.3) is 6.08 Å². The molecule has 0 atom stereocenters. The first kappa shape index (κ1) is 17.8. The number of benzene rings is 2. The predicted octanol–water partition coefficient (Wildman–Crippen LogP) is 4.73. The lowest BCUT2D eigenvalue weighted by Crippen LogP contribution is -2.02. The van der Waals surface area contributed by atoms with E-state index < -0.39 is 0 Å². The van der Waals surface area contributed by atoms with Gasteiger partial charge in [0.05, 0.1) is 24.8 Å². The van der Waals surface area contributed by atoms with Gasteiger partial charge in [0.25, 0.3) is 0 Å². The summed E-state index contributed by atoms with van der Waals surface area (Å²) in [7, 11) is 0. The van der Waals surface area contributed by atoms with Crippen LogP contribution in [0.3, 0.4) is 0 Å². The number of ketones is 1. The molecule has 1 aliphatic heterocycles. The van der Waals surface area contributed by atoms with Crippen molar-refractivity contribution in [1.82, 2.24) is 0 Å². The molecule has 0 unspecified atom stereocenters. The van der Waals surface area contributed by atoms with Crippen molar-refractivity contribution >= 4 is 11.9 Å². The monoisotopic (exact) mass is 347 g/mol. The van der Waals surface area contributed by atoms with Crippen molar-refractivity contribution in [2.45, 2.75) is 26.2 Å². The van der Waals surface area contributed by atoms with Gasteiger partial charge in [0.2, 0.25) is 0 Å². The van der Waals surface area contributed by atoms with Crippen LogP contribution in [0, 0.1) is 18.3 Å². The summed E-state index contributed by atoms with van der Waals surface area (Å²) in [5.41, 5.74) is 3.25. The van der Waals surface area contributed by atoms with Crippen LogP contribution in [-0.2, 0) is 0 Å². The fourth-order valence-corrected chi connectivity index (χ4v) is 2.95. The molecule has 0 radical (unpaired) electrons. The average Bonchev–Trinajstić information content (AvgIpc) is 2.80. The summed E-state index contributed by atoms with van der Waals surface area (Å²) in [6.07, 6.45) is 3.66. The Labute approximate surface area is 153 Å². The van der Waals surface area contributed by atoms with Gasteiger partial charge in [-0.1, -0.05) is 24.3 Å². The van der Waals surface area contributed by atoms with E-state index in [1.165, 1.54) is 0 Å². The lowest BCUT2D eigenvalue weighted by atomic mass is 9.98. The largest absolute Gasteiger partial charge is 0.494 e. The fraction of sp³-hybridized carbons (Fsp3) is 0.273. The molecule has 0 amide bonds. The van der Waals surface area contributed by atoms with E-state index in [-0.39, 0.29) is 5.78 Å². The molecule has 26 heavy (non-hydrogen) atoms. The fourth-order valence-electron chi connectivity index (χ4n) is 2.95. The molecule has 3 rings (SSSR count). The van der Waals surface area contributed by atoms with Crippen molar-refractivity contribution in [3.05, 3.63) is 64.7 Å². The molecular formula is C22H21NO3. The Morgan fingerprint density at radius 2 is 2.12 bits per heavy atom. The number of nitriles is 1. The Kier molecular flexibility index (Phi) is 5.70. The quantitative estimate of drug-likeness (QED) is 0.580. The summed E-state index contributed by atoms with van der Waals surface area (Å²) in [6.45, 7) is 2.95. The van der Waals surface area contributed by atoms with Gasteiger partial charge < -0.3 is 9.47 Å². The normalized spacial score (nSPS) is 14.9. The molecule has 1 aliphatic rings. The number of rotatable bonds is 5. The minimum Gasteiger partial charge on any atom is -0.494 e. The first-order valence-electron chi connectivity index (χ1n) is 8.76. The van der Waals surface area contributed by atoms with Crippen LogP contribution in [0.1, 0.15) is 40.7 Å². The number of carbonyl (C=O) groups excluding carboxylic acids is 1. The molecule has 1 heterocycles. The van der Waals surface area contributed by atoms with E-state index in [4.69, 9.17) is 14.7 Å². The minimum atomic E-state index is 0.0153. The Morgan fingerprint density at radius 1 is 1.27 bits per heavy atom. The maximum Gasteiger partial charge on any atom is 0.192 e. The molecule has 0 aliphatic carbocycles. The van der Waals surface area contributed by atoms with Crippen molar-refractivity contribution in [3.63, 3.8) is 0 Å². The second-order valence-corrected chi connectivity index (χ2v) is 6.23. The van der Waals surface area contributed by atoms with Gasteiger partial charge in [-0.25, -0.2) is 0 Å². The first-order chi connectivity index (χ1) is 12.7. The number of hydrogen-bond donors (Lipinski definition) is 0. The lowest BCUT2D eigenvalue weighted by molar-refractivity contribution is 0.103. The molecule has 132 valence electrons. The van der Waals surface area contributed by atoms with Gasteiger partial charge in [0, 0.05) is 18.4 Å². The topological polar surface area (TPSA) is 59.3 Å². The van der Waals surface area contributed by atoms with Gasteiger partial charge in [0.1, 0.15) is 11.5 Å². The van der Waals surface area contributed by atoms with E-state index in [2.05, 4.69) is 6.07 Å². The molecule has 2 aromatic carbocycles. The molecule has 0 saturated carbocycles. The van der Waals surface area contributed by atoms with Crippen LogP contribution in [-0.4, -0.2) is 19.0 Å². The standard InChI is InChI=1S/C22H21NO3/c1-16-6-4-9-20-21(24)18(10-13-26-22(16)20)14-17-7-5-8-19(15-17)25-12-3-2-11-23/h4-9,14-15H,2-3,10,12-13H2,1H3/b18-14+. The second-order valence-electron chi connectivity index (χ2n) is 6.23. The first-order valence-corrected chi connectivity index (χ1v) is 8.76. The highest BCUT2D eigenvalue weighted by Gasteiger charge is 2.22. The van der Waals surface area contributed by atoms with Gasteiger partial charge in [-0.05, 0) is 48.7 Å². The van der Waals surface area contributed by atoms with Crippen LogP contribution < -0.4 is 9.47 Å². The zero-order valence-corrected chi connectivity index (χ0v) is 14.8. The highest BCUT2D eigenvalue weighted by Crippen LogP contribution is 2.30. The highest BCUT2D eigenvalue weighted by molar-refractivity contribution is 6.13. The summed E-state index contributed by atoms with van der Waals surface area (Å²) in [5.74, 6) is 1.45. The minimum absolute atomic E-state index is 0.0153. The smallest absolute Gasteiger partial charge is 0.192 e. The number of hydrogen-bond acceptors (Lipinski definition) is 4. The van der Waals surface area contributed by atoms with Crippen molar-refractivity contribution in [3.8, 4) is 17.6 Å². The summed E-state index contributed by atoms with van der Waals surface area (Å²) >= 11 is 0. The summed E-state index contributed by atoms with van der Waals surface area (Å²) in [4.78, 5) is 12.9. The third-order valence-electron chi connectivity index (χ3n) is 4.27. The van der Waals surface area contributed by atoms with Crippen molar-refractivity contribution in [2.24, 2.45) is 0 Å². The Bertz CT molecular complexity index is 877. The summed E-state index contributed by atoms with van der Waals surface area (Å²) in [5, 5.41) is 8.57. The zero-order chi connectivity index (χ0) is 18.4.